The van der Waals surface area contributed by atoms with Crippen LogP contribution >= 0.6 is 22.9 Å². The minimum absolute atomic E-state index is 0.124. The topological polar surface area (TPSA) is 46.9 Å². The van der Waals surface area contributed by atoms with Crippen molar-refractivity contribution in [3.8, 4) is 0 Å². The minimum Gasteiger partial charge on any atom is -0.352 e. The highest BCUT2D eigenvalue weighted by molar-refractivity contribution is 7.09. The zero-order valence-corrected chi connectivity index (χ0v) is 13.0. The number of carbonyl (C=O) groups is 1. The van der Waals surface area contributed by atoms with Crippen LogP contribution in [0.5, 0.6) is 0 Å². The van der Waals surface area contributed by atoms with Gasteiger partial charge in [0.1, 0.15) is 5.15 Å². The van der Waals surface area contributed by atoms with Crippen molar-refractivity contribution in [3.63, 3.8) is 0 Å². The molecule has 1 N–H and O–H groups in total. The van der Waals surface area contributed by atoms with Crippen LogP contribution in [-0.4, -0.2) is 22.2 Å². The first kappa shape index (κ1) is 14.8. The van der Waals surface area contributed by atoms with Crippen molar-refractivity contribution in [1.29, 1.82) is 0 Å². The second kappa shape index (κ2) is 6.72. The zero-order chi connectivity index (χ0) is 14.5. The summed E-state index contributed by atoms with van der Waals surface area (Å²) in [6.45, 7) is 2.49. The van der Waals surface area contributed by atoms with Crippen molar-refractivity contribution in [1.82, 2.24) is 15.1 Å². The van der Waals surface area contributed by atoms with Crippen molar-refractivity contribution in [2.75, 3.05) is 6.54 Å². The summed E-state index contributed by atoms with van der Waals surface area (Å²) in [5, 5.41) is 9.60. The van der Waals surface area contributed by atoms with Crippen LogP contribution in [0.4, 0.5) is 0 Å². The molecule has 0 unspecified atom stereocenters. The average Bonchev–Trinajstić information content (AvgIpc) is 2.98. The summed E-state index contributed by atoms with van der Waals surface area (Å²) >= 11 is 7.78. The predicted molar refractivity (Wildman–Crippen MR) is 83.0 cm³/mol. The standard InChI is InChI=1S/C14H16ClN3OS/c1-10-12(14(15)18(2)17-10)5-6-13(19)16-8-7-11-4-3-9-20-11/h3-6,9H,7-8H2,1-2H3,(H,16,19)/b6-5+. The Morgan fingerprint density at radius 1 is 1.60 bits per heavy atom. The number of halogens is 1. The van der Waals surface area contributed by atoms with E-state index in [1.54, 1.807) is 29.1 Å². The third kappa shape index (κ3) is 3.71. The van der Waals surface area contributed by atoms with Gasteiger partial charge in [-0.15, -0.1) is 11.3 Å². The molecule has 0 bridgehead atoms. The number of nitrogens with one attached hydrogen (secondary N) is 1. The molecule has 0 aromatic carbocycles. The first-order chi connectivity index (χ1) is 9.58. The monoisotopic (exact) mass is 309 g/mol. The number of aryl methyl sites for hydroxylation is 2. The lowest BCUT2D eigenvalue weighted by Crippen LogP contribution is -2.23. The van der Waals surface area contributed by atoms with E-state index >= 15 is 0 Å². The van der Waals surface area contributed by atoms with Gasteiger partial charge in [0.25, 0.3) is 0 Å². The summed E-state index contributed by atoms with van der Waals surface area (Å²) in [7, 11) is 1.77. The normalized spacial score (nSPS) is 11.2. The Labute approximate surface area is 127 Å². The Hall–Kier alpha value is -1.59. The summed E-state index contributed by atoms with van der Waals surface area (Å²) in [4.78, 5) is 13.0. The molecule has 0 fully saturated rings. The maximum atomic E-state index is 11.7. The fraction of sp³-hybridized carbons (Fsp3) is 0.286. The molecule has 2 heterocycles. The lowest BCUT2D eigenvalue weighted by atomic mass is 10.2. The highest BCUT2D eigenvalue weighted by atomic mass is 35.5. The van der Waals surface area contributed by atoms with Crippen molar-refractivity contribution in [2.24, 2.45) is 7.05 Å². The molecule has 20 heavy (non-hydrogen) atoms. The molecule has 0 radical (unpaired) electrons. The van der Waals surface area contributed by atoms with Crippen molar-refractivity contribution < 1.29 is 4.79 Å². The molecule has 2 aromatic rings. The maximum Gasteiger partial charge on any atom is 0.244 e. The molecule has 2 rings (SSSR count). The Kier molecular flexibility index (Phi) is 4.98. The molecule has 0 aliphatic heterocycles. The van der Waals surface area contributed by atoms with Gasteiger partial charge in [-0.25, -0.2) is 0 Å². The molecule has 6 heteroatoms. The van der Waals surface area contributed by atoms with E-state index in [9.17, 15) is 4.79 Å². The molecule has 0 saturated carbocycles. The average molecular weight is 310 g/mol. The van der Waals surface area contributed by atoms with Crippen LogP contribution in [0.25, 0.3) is 6.08 Å². The Bertz CT molecular complexity index is 617. The molecule has 4 nitrogen and oxygen atoms in total. The van der Waals surface area contributed by atoms with E-state index < -0.39 is 0 Å². The van der Waals surface area contributed by atoms with Crippen LogP contribution in [0, 0.1) is 6.92 Å². The number of carbonyl (C=O) groups excluding carboxylic acids is 1. The van der Waals surface area contributed by atoms with Gasteiger partial charge in [0, 0.05) is 30.1 Å². The van der Waals surface area contributed by atoms with Gasteiger partial charge in [-0.3, -0.25) is 9.48 Å². The van der Waals surface area contributed by atoms with Gasteiger partial charge < -0.3 is 5.32 Å². The quantitative estimate of drug-likeness (QED) is 0.863. The number of rotatable bonds is 5. The summed E-state index contributed by atoms with van der Waals surface area (Å²) in [5.74, 6) is -0.124. The van der Waals surface area contributed by atoms with E-state index in [2.05, 4.69) is 16.5 Å². The van der Waals surface area contributed by atoms with E-state index in [1.807, 2.05) is 18.4 Å². The number of aromatic nitrogens is 2. The number of amides is 1. The molecule has 1 amide bonds. The smallest absolute Gasteiger partial charge is 0.244 e. The SMILES string of the molecule is Cc1nn(C)c(Cl)c1/C=C/C(=O)NCCc1cccs1. The van der Waals surface area contributed by atoms with Crippen LogP contribution in [0.3, 0.4) is 0 Å². The van der Waals surface area contributed by atoms with E-state index in [0.29, 0.717) is 11.7 Å². The van der Waals surface area contributed by atoms with E-state index in [4.69, 9.17) is 11.6 Å². The van der Waals surface area contributed by atoms with Gasteiger partial charge in [0.05, 0.1) is 5.69 Å². The van der Waals surface area contributed by atoms with E-state index in [1.165, 1.54) is 11.0 Å². The van der Waals surface area contributed by atoms with E-state index in [0.717, 1.165) is 17.7 Å². The molecular weight excluding hydrogens is 294 g/mol. The molecule has 106 valence electrons. The molecule has 0 saturated heterocycles. The third-order valence-electron chi connectivity index (χ3n) is 2.85. The highest BCUT2D eigenvalue weighted by Gasteiger charge is 2.08. The van der Waals surface area contributed by atoms with Crippen LogP contribution in [-0.2, 0) is 18.3 Å². The summed E-state index contributed by atoms with van der Waals surface area (Å²) in [6, 6.07) is 4.07. The first-order valence-corrected chi connectivity index (χ1v) is 7.51. The largest absolute Gasteiger partial charge is 0.352 e. The van der Waals surface area contributed by atoms with Gasteiger partial charge >= 0.3 is 0 Å². The first-order valence-electron chi connectivity index (χ1n) is 6.25. The van der Waals surface area contributed by atoms with Gasteiger partial charge in [0.2, 0.25) is 5.91 Å². The molecule has 0 aliphatic carbocycles. The van der Waals surface area contributed by atoms with Gasteiger partial charge in [-0.1, -0.05) is 17.7 Å². The predicted octanol–water partition coefficient (Wildman–Crippen LogP) is 2.82. The summed E-state index contributed by atoms with van der Waals surface area (Å²) in [6.07, 6.45) is 4.04. The maximum absolute atomic E-state index is 11.7. The third-order valence-corrected chi connectivity index (χ3v) is 4.23. The second-order valence-electron chi connectivity index (χ2n) is 4.37. The van der Waals surface area contributed by atoms with Crippen LogP contribution in [0.15, 0.2) is 23.6 Å². The Morgan fingerprint density at radius 3 is 3.00 bits per heavy atom. The van der Waals surface area contributed by atoms with Crippen molar-refractivity contribution in [3.05, 3.63) is 44.9 Å². The lowest BCUT2D eigenvalue weighted by molar-refractivity contribution is -0.116. The van der Waals surface area contributed by atoms with Gasteiger partial charge in [-0.05, 0) is 30.9 Å². The molecular formula is C14H16ClN3OS. The number of nitrogens with zero attached hydrogens (tertiary/aromatic N) is 2. The fourth-order valence-electron chi connectivity index (χ4n) is 1.82. The van der Waals surface area contributed by atoms with Crippen molar-refractivity contribution >= 4 is 34.9 Å². The van der Waals surface area contributed by atoms with Gasteiger partial charge in [0.15, 0.2) is 0 Å². The van der Waals surface area contributed by atoms with Crippen LogP contribution in [0.2, 0.25) is 5.15 Å². The highest BCUT2D eigenvalue weighted by Crippen LogP contribution is 2.19. The lowest BCUT2D eigenvalue weighted by Gasteiger charge is -2.00. The molecule has 0 spiro atoms. The summed E-state index contributed by atoms with van der Waals surface area (Å²) in [5.41, 5.74) is 1.59. The van der Waals surface area contributed by atoms with Crippen LogP contribution in [0.1, 0.15) is 16.1 Å². The molecule has 2 aromatic heterocycles. The number of hydrogen-bond acceptors (Lipinski definition) is 3. The van der Waals surface area contributed by atoms with Gasteiger partial charge in [-0.2, -0.15) is 5.10 Å². The van der Waals surface area contributed by atoms with Crippen LogP contribution < -0.4 is 5.32 Å². The Morgan fingerprint density at radius 2 is 2.40 bits per heavy atom. The minimum atomic E-state index is -0.124. The number of thiophene rings is 1. The molecule has 0 aliphatic rings. The molecule has 0 atom stereocenters. The van der Waals surface area contributed by atoms with Crippen molar-refractivity contribution in [2.45, 2.75) is 13.3 Å². The second-order valence-corrected chi connectivity index (χ2v) is 5.76. The Balaban J connectivity index is 1.86. The summed E-state index contributed by atoms with van der Waals surface area (Å²) < 4.78 is 1.59. The van der Waals surface area contributed by atoms with E-state index in [-0.39, 0.29) is 5.91 Å². The fourth-order valence-corrected chi connectivity index (χ4v) is 2.76. The number of hydrogen-bond donors (Lipinski definition) is 1. The zero-order valence-electron chi connectivity index (χ0n) is 11.4.